The van der Waals surface area contributed by atoms with Crippen LogP contribution in [0.5, 0.6) is 0 Å². The first kappa shape index (κ1) is 12.6. The zero-order valence-corrected chi connectivity index (χ0v) is 11.7. The zero-order valence-electron chi connectivity index (χ0n) is 10.9. The van der Waals surface area contributed by atoms with Crippen molar-refractivity contribution in [1.29, 1.82) is 0 Å². The van der Waals surface area contributed by atoms with E-state index in [9.17, 15) is 0 Å². The molecule has 5 heteroatoms. The molecule has 0 aliphatic carbocycles. The standard InChI is InChI=1S/C14H18N4S/c19-14-15-13(12-7-3-1-4-8-12)16-18(14)11-17-9-5-2-6-10-17/h1,3-4,7-8H,2,5-6,9-11H2,(H,15,16,19)/p+1. The van der Waals surface area contributed by atoms with Crippen LogP contribution in [0.3, 0.4) is 0 Å². The Labute approximate surface area is 118 Å². The molecule has 1 aliphatic heterocycles. The molecular formula is C14H19N4S+. The highest BCUT2D eigenvalue weighted by atomic mass is 32.1. The molecule has 0 spiro atoms. The Hall–Kier alpha value is -1.46. The number of aromatic amines is 1. The number of aromatic nitrogens is 3. The van der Waals surface area contributed by atoms with Crippen LogP contribution in [0.1, 0.15) is 19.3 Å². The topological polar surface area (TPSA) is 38.0 Å². The SMILES string of the molecule is S=c1nc(-c2ccccc2)[nH]n1C[NH+]1CCCCC1. The van der Waals surface area contributed by atoms with Gasteiger partial charge < -0.3 is 4.90 Å². The van der Waals surface area contributed by atoms with E-state index in [0.29, 0.717) is 4.77 Å². The van der Waals surface area contributed by atoms with Crippen LogP contribution in [0.2, 0.25) is 0 Å². The predicted molar refractivity (Wildman–Crippen MR) is 77.4 cm³/mol. The fraction of sp³-hybridized carbons (Fsp3) is 0.429. The molecule has 0 amide bonds. The van der Waals surface area contributed by atoms with E-state index in [1.807, 2.05) is 35.0 Å². The molecule has 2 aromatic rings. The van der Waals surface area contributed by atoms with E-state index in [2.05, 4.69) is 10.1 Å². The summed E-state index contributed by atoms with van der Waals surface area (Å²) < 4.78 is 2.65. The second kappa shape index (κ2) is 5.67. The number of hydrogen-bond acceptors (Lipinski definition) is 2. The molecule has 1 aromatic carbocycles. The number of benzene rings is 1. The normalized spacial score (nSPS) is 16.6. The van der Waals surface area contributed by atoms with Gasteiger partial charge in [-0.2, -0.15) is 4.98 Å². The fourth-order valence-electron chi connectivity index (χ4n) is 2.62. The maximum atomic E-state index is 5.35. The van der Waals surface area contributed by atoms with Gasteiger partial charge in [-0.05, 0) is 31.5 Å². The summed E-state index contributed by atoms with van der Waals surface area (Å²) >= 11 is 5.35. The van der Waals surface area contributed by atoms with Crippen molar-refractivity contribution in [3.05, 3.63) is 35.1 Å². The van der Waals surface area contributed by atoms with Gasteiger partial charge in [-0.3, -0.25) is 5.10 Å². The largest absolute Gasteiger partial charge is 0.316 e. The second-order valence-corrected chi connectivity index (χ2v) is 5.48. The third-order valence-corrected chi connectivity index (χ3v) is 3.98. The Morgan fingerprint density at radius 3 is 2.63 bits per heavy atom. The Bertz CT molecular complexity index is 581. The molecule has 100 valence electrons. The highest BCUT2D eigenvalue weighted by molar-refractivity contribution is 7.71. The van der Waals surface area contributed by atoms with Crippen molar-refractivity contribution in [2.45, 2.75) is 25.9 Å². The van der Waals surface area contributed by atoms with Gasteiger partial charge >= 0.3 is 0 Å². The first-order chi connectivity index (χ1) is 9.33. The maximum absolute atomic E-state index is 5.35. The smallest absolute Gasteiger partial charge is 0.221 e. The molecule has 0 atom stereocenters. The van der Waals surface area contributed by atoms with Gasteiger partial charge in [0.1, 0.15) is 0 Å². The van der Waals surface area contributed by atoms with Crippen LogP contribution in [0.4, 0.5) is 0 Å². The molecule has 19 heavy (non-hydrogen) atoms. The number of nitrogens with one attached hydrogen (secondary N) is 2. The van der Waals surface area contributed by atoms with Crippen LogP contribution < -0.4 is 4.90 Å². The van der Waals surface area contributed by atoms with Gasteiger partial charge in [-0.15, -0.1) is 0 Å². The van der Waals surface area contributed by atoms with Gasteiger partial charge in [0.25, 0.3) is 0 Å². The van der Waals surface area contributed by atoms with Gasteiger partial charge in [-0.1, -0.05) is 30.3 Å². The minimum atomic E-state index is 0.650. The van der Waals surface area contributed by atoms with Crippen molar-refractivity contribution in [1.82, 2.24) is 14.8 Å². The minimum absolute atomic E-state index is 0.650. The summed E-state index contributed by atoms with van der Waals surface area (Å²) in [6, 6.07) is 10.1. The van der Waals surface area contributed by atoms with Crippen molar-refractivity contribution in [3.8, 4) is 11.4 Å². The van der Waals surface area contributed by atoms with Crippen LogP contribution in [0, 0.1) is 4.77 Å². The third kappa shape index (κ3) is 2.93. The summed E-state index contributed by atoms with van der Waals surface area (Å²) in [5.41, 5.74) is 1.08. The van der Waals surface area contributed by atoms with E-state index in [-0.39, 0.29) is 0 Å². The maximum Gasteiger partial charge on any atom is 0.221 e. The molecule has 2 heterocycles. The van der Waals surface area contributed by atoms with Crippen molar-refractivity contribution in [2.75, 3.05) is 13.1 Å². The number of hydrogen-bond donors (Lipinski definition) is 2. The van der Waals surface area contributed by atoms with Gasteiger partial charge in [0.05, 0.1) is 13.1 Å². The quantitative estimate of drug-likeness (QED) is 0.836. The molecule has 1 aromatic heterocycles. The summed E-state index contributed by atoms with van der Waals surface area (Å²) in [4.78, 5) is 6.04. The van der Waals surface area contributed by atoms with E-state index in [4.69, 9.17) is 12.2 Å². The lowest BCUT2D eigenvalue weighted by atomic mass is 10.1. The van der Waals surface area contributed by atoms with Crippen LogP contribution in [0.25, 0.3) is 11.4 Å². The van der Waals surface area contributed by atoms with Gasteiger partial charge in [0.15, 0.2) is 12.5 Å². The predicted octanol–water partition coefficient (Wildman–Crippen LogP) is 1.63. The van der Waals surface area contributed by atoms with E-state index < -0.39 is 0 Å². The molecule has 1 aliphatic rings. The van der Waals surface area contributed by atoms with Gasteiger partial charge in [-0.25, -0.2) is 4.68 Å². The Morgan fingerprint density at radius 2 is 1.89 bits per heavy atom. The molecular weight excluding hydrogens is 256 g/mol. The third-order valence-electron chi connectivity index (χ3n) is 3.67. The first-order valence-electron chi connectivity index (χ1n) is 6.89. The molecule has 0 saturated carbocycles. The van der Waals surface area contributed by atoms with Gasteiger partial charge in [0, 0.05) is 5.56 Å². The number of quaternary nitrogens is 1. The number of rotatable bonds is 3. The molecule has 1 saturated heterocycles. The summed E-state index contributed by atoms with van der Waals surface area (Å²) in [7, 11) is 0. The van der Waals surface area contributed by atoms with Crippen molar-refractivity contribution in [2.24, 2.45) is 0 Å². The first-order valence-corrected chi connectivity index (χ1v) is 7.29. The van der Waals surface area contributed by atoms with Crippen LogP contribution in [0.15, 0.2) is 30.3 Å². The monoisotopic (exact) mass is 275 g/mol. The van der Waals surface area contributed by atoms with Crippen molar-refractivity contribution < 1.29 is 4.90 Å². The minimum Gasteiger partial charge on any atom is -0.316 e. The Kier molecular flexibility index (Phi) is 3.75. The van der Waals surface area contributed by atoms with Crippen molar-refractivity contribution >= 4 is 12.2 Å². The van der Waals surface area contributed by atoms with Crippen LogP contribution in [-0.4, -0.2) is 27.9 Å². The van der Waals surface area contributed by atoms with Gasteiger partial charge in [0.2, 0.25) is 4.77 Å². The lowest BCUT2D eigenvalue weighted by molar-refractivity contribution is -0.928. The highest BCUT2D eigenvalue weighted by Gasteiger charge is 2.15. The van der Waals surface area contributed by atoms with E-state index in [0.717, 1.165) is 18.1 Å². The summed E-state index contributed by atoms with van der Waals surface area (Å²) in [5, 5.41) is 3.33. The number of H-pyrrole nitrogens is 1. The van der Waals surface area contributed by atoms with Crippen LogP contribution >= 0.6 is 12.2 Å². The molecule has 3 rings (SSSR count). The van der Waals surface area contributed by atoms with Crippen molar-refractivity contribution in [3.63, 3.8) is 0 Å². The average Bonchev–Trinajstić information content (AvgIpc) is 2.82. The summed E-state index contributed by atoms with van der Waals surface area (Å²) in [5.74, 6) is 0.863. The molecule has 4 nitrogen and oxygen atoms in total. The fourth-order valence-corrected chi connectivity index (χ4v) is 2.82. The Morgan fingerprint density at radius 1 is 1.16 bits per heavy atom. The lowest BCUT2D eigenvalue weighted by Crippen LogP contribution is -3.12. The molecule has 0 bridgehead atoms. The average molecular weight is 275 g/mol. The molecule has 0 radical (unpaired) electrons. The lowest BCUT2D eigenvalue weighted by Gasteiger charge is -2.23. The second-order valence-electron chi connectivity index (χ2n) is 5.12. The summed E-state index contributed by atoms with van der Waals surface area (Å²) in [6.07, 6.45) is 4.01. The molecule has 1 fully saturated rings. The van der Waals surface area contributed by atoms with E-state index in [1.54, 1.807) is 4.90 Å². The summed E-state index contributed by atoms with van der Waals surface area (Å²) in [6.45, 7) is 3.38. The van der Waals surface area contributed by atoms with E-state index >= 15 is 0 Å². The zero-order chi connectivity index (χ0) is 13.1. The number of likely N-dealkylation sites (tertiary alicyclic amines) is 1. The molecule has 0 unspecified atom stereocenters. The van der Waals surface area contributed by atoms with Crippen LogP contribution in [-0.2, 0) is 6.67 Å². The van der Waals surface area contributed by atoms with E-state index in [1.165, 1.54) is 32.4 Å². The highest BCUT2D eigenvalue weighted by Crippen LogP contribution is 2.13. The Balaban J connectivity index is 1.79. The number of piperidine rings is 1. The molecule has 2 N–H and O–H groups in total. The number of nitrogens with zero attached hydrogens (tertiary/aromatic N) is 2.